The van der Waals surface area contributed by atoms with Crippen LogP contribution >= 0.6 is 15.6 Å². The van der Waals surface area contributed by atoms with E-state index >= 15 is 0 Å². The summed E-state index contributed by atoms with van der Waals surface area (Å²) in [4.78, 5) is 73.6. The average Bonchev–Trinajstić information content (AvgIpc) is 3.59. The number of nitrogens with zero attached hydrogens (tertiary/aromatic N) is 2. The molecule has 2 heterocycles. The minimum atomic E-state index is -5.44. The maximum Gasteiger partial charge on any atom is 0.481 e. The van der Waals surface area contributed by atoms with Crippen molar-refractivity contribution in [3.63, 3.8) is 0 Å². The summed E-state index contributed by atoms with van der Waals surface area (Å²) in [6.07, 6.45) is 27.6. The number of carbonyl (C=O) groups is 3. The fourth-order valence-electron chi connectivity index (χ4n) is 7.12. The van der Waals surface area contributed by atoms with Crippen LogP contribution in [0.25, 0.3) is 0 Å². The van der Waals surface area contributed by atoms with E-state index in [4.69, 9.17) is 29.0 Å². The zero-order valence-electron chi connectivity index (χ0n) is 41.5. The SMILES string of the molecule is CCCCCC(=O)/C=C/C=C\C/C=C\C/C=C\CCCC(=O)OC[C@H](COP(=O)(O)OP(=O)(O)OC[C@H]1O[C@@H](n2ccc(N)nc2=O)[C@H](O)[C@@H]1O)OC(=O)CCCCCCCCCCCCC(C)CC. The molecule has 19 nitrogen and oxygen atoms in total. The van der Waals surface area contributed by atoms with Gasteiger partial charge in [0.05, 0.1) is 13.2 Å². The summed E-state index contributed by atoms with van der Waals surface area (Å²) in [6.45, 7) is 4.23. The molecule has 398 valence electrons. The Hall–Kier alpha value is -3.61. The van der Waals surface area contributed by atoms with Crippen molar-refractivity contribution in [2.24, 2.45) is 5.92 Å². The average molecular weight is 1030 g/mol. The molecule has 1 saturated heterocycles. The lowest BCUT2D eigenvalue weighted by molar-refractivity contribution is -0.161. The van der Waals surface area contributed by atoms with Gasteiger partial charge in [0.1, 0.15) is 30.7 Å². The second-order valence-corrected chi connectivity index (χ2v) is 20.6. The highest BCUT2D eigenvalue weighted by Crippen LogP contribution is 2.60. The van der Waals surface area contributed by atoms with Crippen LogP contribution < -0.4 is 11.4 Å². The van der Waals surface area contributed by atoms with Crippen molar-refractivity contribution in [1.29, 1.82) is 0 Å². The van der Waals surface area contributed by atoms with Crippen LogP contribution in [0.1, 0.15) is 168 Å². The van der Waals surface area contributed by atoms with Crippen molar-refractivity contribution in [1.82, 2.24) is 9.55 Å². The third kappa shape index (κ3) is 29.0. The minimum Gasteiger partial charge on any atom is -0.462 e. The van der Waals surface area contributed by atoms with Crippen molar-refractivity contribution in [2.75, 3.05) is 25.6 Å². The fraction of sp³-hybridized carbons (Fsp3) is 0.694. The van der Waals surface area contributed by atoms with E-state index in [0.29, 0.717) is 32.1 Å². The van der Waals surface area contributed by atoms with E-state index in [1.165, 1.54) is 51.0 Å². The number of anilines is 1. The number of hydrogen-bond donors (Lipinski definition) is 5. The molecule has 0 radical (unpaired) electrons. The lowest BCUT2D eigenvalue weighted by Gasteiger charge is -2.21. The maximum atomic E-state index is 12.8. The molecule has 0 bridgehead atoms. The Bertz CT molecular complexity index is 1940. The number of esters is 2. The Morgan fingerprint density at radius 3 is 2.07 bits per heavy atom. The molecule has 2 rings (SSSR count). The Morgan fingerprint density at radius 2 is 1.40 bits per heavy atom. The molecular weight excluding hydrogens is 948 g/mol. The second kappa shape index (κ2) is 36.3. The highest BCUT2D eigenvalue weighted by Gasteiger charge is 2.46. The first kappa shape index (κ1) is 62.5. The molecule has 6 N–H and O–H groups in total. The number of phosphoric acid groups is 2. The summed E-state index contributed by atoms with van der Waals surface area (Å²) in [5, 5.41) is 20.9. The first-order chi connectivity index (χ1) is 33.5. The van der Waals surface area contributed by atoms with E-state index in [-0.39, 0.29) is 24.4 Å². The van der Waals surface area contributed by atoms with Gasteiger partial charge in [-0.3, -0.25) is 28.0 Å². The topological polar surface area (TPSA) is 283 Å². The van der Waals surface area contributed by atoms with Gasteiger partial charge in [0.25, 0.3) is 0 Å². The van der Waals surface area contributed by atoms with Gasteiger partial charge in [0, 0.05) is 25.5 Å². The monoisotopic (exact) mass is 1030 g/mol. The quantitative estimate of drug-likeness (QED) is 0.0102. The first-order valence-corrected chi connectivity index (χ1v) is 28.0. The molecule has 1 aromatic rings. The number of carbonyl (C=O) groups excluding carboxylic acids is 3. The number of phosphoric ester groups is 2. The van der Waals surface area contributed by atoms with Crippen LogP contribution in [0, 0.1) is 5.92 Å². The second-order valence-electron chi connectivity index (χ2n) is 17.6. The molecule has 1 fully saturated rings. The van der Waals surface area contributed by atoms with Crippen LogP contribution in [0.15, 0.2) is 65.7 Å². The van der Waals surface area contributed by atoms with Gasteiger partial charge in [-0.05, 0) is 56.6 Å². The zero-order valence-corrected chi connectivity index (χ0v) is 43.3. The van der Waals surface area contributed by atoms with E-state index in [2.05, 4.69) is 30.1 Å². The van der Waals surface area contributed by atoms with Gasteiger partial charge in [-0.1, -0.05) is 147 Å². The van der Waals surface area contributed by atoms with Crippen LogP contribution in [0.4, 0.5) is 5.82 Å². The molecule has 0 aliphatic carbocycles. The van der Waals surface area contributed by atoms with Gasteiger partial charge < -0.3 is 39.9 Å². The highest BCUT2D eigenvalue weighted by atomic mass is 31.3. The summed E-state index contributed by atoms with van der Waals surface area (Å²) >= 11 is 0. The van der Waals surface area contributed by atoms with Gasteiger partial charge in [-0.25, -0.2) is 13.9 Å². The molecule has 1 aromatic heterocycles. The van der Waals surface area contributed by atoms with Crippen molar-refractivity contribution in [2.45, 2.75) is 193 Å². The lowest BCUT2D eigenvalue weighted by atomic mass is 9.99. The van der Waals surface area contributed by atoms with Crippen LogP contribution in [0.3, 0.4) is 0 Å². The highest BCUT2D eigenvalue weighted by molar-refractivity contribution is 7.61. The molecule has 0 spiro atoms. The Morgan fingerprint density at radius 1 is 0.786 bits per heavy atom. The van der Waals surface area contributed by atoms with Gasteiger partial charge in [-0.15, -0.1) is 0 Å². The number of aliphatic hydroxyl groups is 2. The molecule has 21 heteroatoms. The van der Waals surface area contributed by atoms with Gasteiger partial charge in [0.2, 0.25) is 0 Å². The molecule has 0 amide bonds. The number of rotatable bonds is 40. The number of nitrogens with two attached hydrogens (primary N) is 1. The number of aliphatic hydroxyl groups excluding tert-OH is 2. The Kier molecular flexibility index (Phi) is 32.4. The van der Waals surface area contributed by atoms with Crippen LogP contribution in [-0.2, 0) is 51.1 Å². The Balaban J connectivity index is 1.84. The number of hydrogen-bond acceptors (Lipinski definition) is 16. The van der Waals surface area contributed by atoms with E-state index in [0.717, 1.165) is 68.0 Å². The minimum absolute atomic E-state index is 0.0246. The van der Waals surface area contributed by atoms with Crippen molar-refractivity contribution >= 4 is 39.2 Å². The predicted octanol–water partition coefficient (Wildman–Crippen LogP) is 9.20. The molecular formula is C49H81N3O16P2. The number of unbranched alkanes of at least 4 members (excludes halogenated alkanes) is 12. The molecule has 0 saturated carbocycles. The zero-order chi connectivity index (χ0) is 51.6. The lowest BCUT2D eigenvalue weighted by Crippen LogP contribution is -2.36. The molecule has 8 atom stereocenters. The van der Waals surface area contributed by atoms with Crippen LogP contribution in [-0.4, -0.2) is 91.5 Å². The van der Waals surface area contributed by atoms with Gasteiger partial charge in [-0.2, -0.15) is 9.29 Å². The van der Waals surface area contributed by atoms with Crippen LogP contribution in [0.5, 0.6) is 0 Å². The number of ether oxygens (including phenoxy) is 3. The predicted molar refractivity (Wildman–Crippen MR) is 266 cm³/mol. The summed E-state index contributed by atoms with van der Waals surface area (Å²) in [5.41, 5.74) is 4.57. The number of allylic oxidation sites excluding steroid dienone is 8. The third-order valence-electron chi connectivity index (χ3n) is 11.4. The van der Waals surface area contributed by atoms with Crippen molar-refractivity contribution in [3.05, 3.63) is 71.4 Å². The first-order valence-electron chi connectivity index (χ1n) is 25.0. The number of ketones is 1. The molecule has 70 heavy (non-hydrogen) atoms. The summed E-state index contributed by atoms with van der Waals surface area (Å²) in [6, 6.07) is 1.24. The largest absolute Gasteiger partial charge is 0.481 e. The standard InChI is InChI=1S/C49H81N3O16P2/c1-4-6-24-30-40(53)31-26-21-17-13-8-7-9-14-18-22-27-32-44(54)63-36-41(66-45(55)33-28-23-19-15-11-10-12-16-20-25-29-39(3)5-2)37-64-69(59,60)68-70(61,62)65-38-42-46(56)47(57)48(67-42)52-35-34-43(50)51-49(52)58/h7-8,14,17-18,21,26,31,34-35,39,41-42,46-48,56-57H,4-6,9-13,15-16,19-20,22-25,27-30,32-33,36-38H2,1-3H3,(H,59,60)(H,61,62)(H2,50,51,58)/b8-7-,18-14-,21-17-,31-26+/t39?,41-,42-,46-,47-,48-/m1/s1. The number of aromatic nitrogens is 2. The van der Waals surface area contributed by atoms with E-state index in [1.54, 1.807) is 12.2 Å². The third-order valence-corrected chi connectivity index (χ3v) is 14.0. The molecule has 3 unspecified atom stereocenters. The molecule has 0 aromatic carbocycles. The molecule has 1 aliphatic heterocycles. The Labute approximate surface area is 414 Å². The summed E-state index contributed by atoms with van der Waals surface area (Å²) in [5.74, 6) is -0.482. The smallest absolute Gasteiger partial charge is 0.462 e. The molecule has 1 aliphatic rings. The van der Waals surface area contributed by atoms with Gasteiger partial charge >= 0.3 is 33.3 Å². The summed E-state index contributed by atoms with van der Waals surface area (Å²) in [7, 11) is -10.9. The maximum absolute atomic E-state index is 12.8. The van der Waals surface area contributed by atoms with Crippen LogP contribution in [0.2, 0.25) is 0 Å². The number of nitrogen functional groups attached to an aromatic ring is 1. The van der Waals surface area contributed by atoms with Gasteiger partial charge in [0.15, 0.2) is 18.1 Å². The van der Waals surface area contributed by atoms with E-state index in [9.17, 15) is 48.3 Å². The van der Waals surface area contributed by atoms with E-state index in [1.807, 2.05) is 36.5 Å². The van der Waals surface area contributed by atoms with E-state index < -0.39 is 83.7 Å². The fourth-order valence-corrected chi connectivity index (χ4v) is 9.23. The van der Waals surface area contributed by atoms with Crippen molar-refractivity contribution < 1.29 is 71.1 Å². The normalized spacial score (nSPS) is 20.0. The van der Waals surface area contributed by atoms with Crippen molar-refractivity contribution in [3.8, 4) is 0 Å². The summed E-state index contributed by atoms with van der Waals surface area (Å²) < 4.78 is 56.6.